The third kappa shape index (κ3) is 11.5. The summed E-state index contributed by atoms with van der Waals surface area (Å²) in [5.74, 6) is -0.442. The molecule has 0 aromatic carbocycles. The van der Waals surface area contributed by atoms with Crippen molar-refractivity contribution in [3.63, 3.8) is 0 Å². The summed E-state index contributed by atoms with van der Waals surface area (Å²) in [6.07, 6.45) is -2.71. The van der Waals surface area contributed by atoms with Crippen molar-refractivity contribution in [3.8, 4) is 0 Å². The van der Waals surface area contributed by atoms with E-state index in [0.29, 0.717) is 0 Å². The molecule has 0 fully saturated rings. The molecule has 0 bridgehead atoms. The van der Waals surface area contributed by atoms with E-state index in [0.717, 1.165) is 4.90 Å². The molecule has 2 amide bonds. The Labute approximate surface area is 214 Å². The van der Waals surface area contributed by atoms with Gasteiger partial charge in [0.05, 0.1) is 5.57 Å². The van der Waals surface area contributed by atoms with Gasteiger partial charge < -0.3 is 24.9 Å². The maximum absolute atomic E-state index is 11.7. The third-order valence-corrected chi connectivity index (χ3v) is 2.18. The second-order valence-electron chi connectivity index (χ2n) is 5.01. The molecule has 0 aromatic heterocycles. The number of carbonyl (C=O) groups is 3. The molecule has 0 saturated heterocycles. The second kappa shape index (κ2) is 12.4. The topological polar surface area (TPSA) is 130 Å². The van der Waals surface area contributed by atoms with Crippen LogP contribution in [-0.4, -0.2) is 40.3 Å². The molecule has 22 heavy (non-hydrogen) atoms. The van der Waals surface area contributed by atoms with Crippen LogP contribution in [0.3, 0.4) is 0 Å². The van der Waals surface area contributed by atoms with Gasteiger partial charge in [-0.05, 0) is 33.9 Å². The Morgan fingerprint density at radius 2 is 1.64 bits per heavy atom. The van der Waals surface area contributed by atoms with E-state index >= 15 is 0 Å². The van der Waals surface area contributed by atoms with Gasteiger partial charge in [-0.25, -0.2) is 9.69 Å². The molecule has 1 N–H and O–H groups in total. The first-order chi connectivity index (χ1) is 8.95. The summed E-state index contributed by atoms with van der Waals surface area (Å²) < 4.78 is 5.09. The van der Waals surface area contributed by atoms with Crippen LogP contribution in [0.25, 0.3) is 0 Å². The molecular weight excluding hydrogens is 348 g/mol. The van der Waals surface area contributed by atoms with Crippen molar-refractivity contribution in [3.05, 3.63) is 11.3 Å². The third-order valence-electron chi connectivity index (χ3n) is 2.18. The van der Waals surface area contributed by atoms with Crippen molar-refractivity contribution in [2.75, 3.05) is 6.54 Å². The van der Waals surface area contributed by atoms with Crippen LogP contribution in [0.5, 0.6) is 0 Å². The van der Waals surface area contributed by atoms with Crippen molar-refractivity contribution in [1.29, 1.82) is 0 Å². The number of imide groups is 1. The molecule has 0 aliphatic carbocycles. The number of nitrogens with zero attached hydrogens (tertiary/aromatic N) is 1. The molecule has 1 rings (SSSR count). The van der Waals surface area contributed by atoms with E-state index in [1.165, 1.54) is 6.92 Å². The number of rotatable bonds is 0. The monoisotopic (exact) mass is 365 g/mol. The molecule has 10 heteroatoms. The van der Waals surface area contributed by atoms with Gasteiger partial charge >= 0.3 is 109 Å². The molecule has 1 heterocycles. The van der Waals surface area contributed by atoms with Gasteiger partial charge in [0.25, 0.3) is 5.91 Å². The van der Waals surface area contributed by atoms with Gasteiger partial charge in [-0.1, -0.05) is 0 Å². The summed E-state index contributed by atoms with van der Waals surface area (Å²) in [6.45, 7) is 6.86. The van der Waals surface area contributed by atoms with Crippen LogP contribution in [0.1, 0.15) is 34.1 Å². The van der Waals surface area contributed by atoms with Crippen LogP contribution >= 0.6 is 0 Å². The molecule has 0 spiro atoms. The predicted molar refractivity (Wildman–Crippen MR) is 63.3 cm³/mol. The quantitative estimate of drug-likeness (QED) is 0.422. The second-order valence-corrected chi connectivity index (χ2v) is 5.01. The molecule has 114 valence electrons. The van der Waals surface area contributed by atoms with Gasteiger partial charge in [0, 0.05) is 13.0 Å². The maximum Gasteiger partial charge on any atom is 1.00 e. The zero-order chi connectivity index (χ0) is 16.1. The van der Waals surface area contributed by atoms with Gasteiger partial charge in [-0.15, -0.1) is 0 Å². The Bertz CT molecular complexity index is 439. The van der Waals surface area contributed by atoms with Crippen molar-refractivity contribution in [2.45, 2.75) is 39.7 Å². The Morgan fingerprint density at radius 1 is 1.23 bits per heavy atom. The molecule has 8 nitrogen and oxygen atoms in total. The van der Waals surface area contributed by atoms with Gasteiger partial charge in [0.1, 0.15) is 11.4 Å². The first kappa shape index (κ1) is 27.9. The number of aliphatic hydroxyl groups is 1. The van der Waals surface area contributed by atoms with Crippen LogP contribution in [-0.2, 0) is 9.53 Å². The summed E-state index contributed by atoms with van der Waals surface area (Å²) >= 11 is 0. The minimum Gasteiger partial charge on any atom is -0.652 e. The molecular formula is C12H17K2NO7. The Kier molecular flexibility index (Phi) is 15.7. The van der Waals surface area contributed by atoms with Crippen LogP contribution in [0.15, 0.2) is 11.3 Å². The van der Waals surface area contributed by atoms with Crippen LogP contribution < -0.4 is 113 Å². The maximum atomic E-state index is 11.7. The standard InChI is InChI=1S/C11H17NO4.CH2O3.2K/c1-7-8(13)5-6-12(9(7)14)10(15)16-11(2,3)4;2-1(3)4;;/h13H,5-6H2,1-4H3;(H2,2,3,4);;/q;;2*+1/p-2. The SMILES string of the molecule is CC1=C(O)CCN(C(=O)OC(C)(C)C)C1=O.O=C([O-])[O-].[K+].[K+]. The average Bonchev–Trinajstić information content (AvgIpc) is 2.22. The van der Waals surface area contributed by atoms with E-state index in [9.17, 15) is 14.7 Å². The summed E-state index contributed by atoms with van der Waals surface area (Å²) in [5.41, 5.74) is -0.425. The fraction of sp³-hybridized carbons (Fsp3) is 0.583. The van der Waals surface area contributed by atoms with Crippen LogP contribution in [0.4, 0.5) is 9.59 Å². The van der Waals surface area contributed by atoms with E-state index in [-0.39, 0.29) is 127 Å². The van der Waals surface area contributed by atoms with E-state index < -0.39 is 23.8 Å². The first-order valence-corrected chi connectivity index (χ1v) is 5.77. The fourth-order valence-corrected chi connectivity index (χ4v) is 1.32. The average molecular weight is 365 g/mol. The number of carboxylic acid groups (broad SMARTS) is 2. The molecule has 0 radical (unpaired) electrons. The molecule has 0 aromatic rings. The van der Waals surface area contributed by atoms with E-state index in [2.05, 4.69) is 0 Å². The normalized spacial score (nSPS) is 14.0. The Hall–Kier alpha value is 1.02. The summed E-state index contributed by atoms with van der Waals surface area (Å²) in [5, 5.41) is 26.0. The van der Waals surface area contributed by atoms with Gasteiger partial charge in [0.2, 0.25) is 0 Å². The number of ether oxygens (including phenoxy) is 1. The summed E-state index contributed by atoms with van der Waals surface area (Å²) in [6, 6.07) is 0. The smallest absolute Gasteiger partial charge is 0.652 e. The number of hydrogen-bond donors (Lipinski definition) is 1. The van der Waals surface area contributed by atoms with Crippen molar-refractivity contribution >= 4 is 18.2 Å². The zero-order valence-electron chi connectivity index (χ0n) is 13.8. The van der Waals surface area contributed by atoms with Gasteiger partial charge in [0.15, 0.2) is 0 Å². The van der Waals surface area contributed by atoms with E-state index in [1.54, 1.807) is 20.8 Å². The van der Waals surface area contributed by atoms with E-state index in [4.69, 9.17) is 19.7 Å². The zero-order valence-corrected chi connectivity index (χ0v) is 20.0. The number of carbonyl (C=O) groups excluding carboxylic acids is 3. The fourth-order valence-electron chi connectivity index (χ4n) is 1.32. The van der Waals surface area contributed by atoms with Crippen molar-refractivity contribution in [2.24, 2.45) is 0 Å². The molecule has 0 saturated carbocycles. The number of amides is 2. The Morgan fingerprint density at radius 3 is 2.00 bits per heavy atom. The van der Waals surface area contributed by atoms with Crippen LogP contribution in [0, 0.1) is 0 Å². The molecule has 1 aliphatic rings. The predicted octanol–water partition coefficient (Wildman–Crippen LogP) is -6.45. The van der Waals surface area contributed by atoms with E-state index in [1.807, 2.05) is 0 Å². The molecule has 1 aliphatic heterocycles. The molecule has 0 unspecified atom stereocenters. The van der Waals surface area contributed by atoms with Crippen molar-refractivity contribution < 1.29 is 137 Å². The first-order valence-electron chi connectivity index (χ1n) is 5.77. The largest absolute Gasteiger partial charge is 1.00 e. The minimum absolute atomic E-state index is 0. The number of hydrogen-bond acceptors (Lipinski definition) is 7. The number of aliphatic hydroxyl groups excluding tert-OH is 1. The summed E-state index contributed by atoms with van der Waals surface area (Å²) in [7, 11) is 0. The molecule has 0 atom stereocenters. The Balaban J connectivity index is -0.000000538. The van der Waals surface area contributed by atoms with Gasteiger partial charge in [-0.2, -0.15) is 0 Å². The summed E-state index contributed by atoms with van der Waals surface area (Å²) in [4.78, 5) is 32.7. The minimum atomic E-state index is -2.33. The van der Waals surface area contributed by atoms with Crippen LogP contribution in [0.2, 0.25) is 0 Å². The van der Waals surface area contributed by atoms with Crippen molar-refractivity contribution in [1.82, 2.24) is 4.90 Å². The van der Waals surface area contributed by atoms with Gasteiger partial charge in [-0.3, -0.25) is 4.79 Å².